The summed E-state index contributed by atoms with van der Waals surface area (Å²) >= 11 is 0. The first-order chi connectivity index (χ1) is 7.02. The number of anilines is 1. The van der Waals surface area contributed by atoms with Crippen molar-refractivity contribution < 1.29 is 14.4 Å². The minimum absolute atomic E-state index is 0.0903. The predicted molar refractivity (Wildman–Crippen MR) is 52.7 cm³/mol. The molecule has 0 fully saturated rings. The summed E-state index contributed by atoms with van der Waals surface area (Å²) in [4.78, 5) is 34.0. The SMILES string of the molecule is CC(=O)c1ccc(N)c2c1C(=O)NC2=O. The summed E-state index contributed by atoms with van der Waals surface area (Å²) < 4.78 is 0. The van der Waals surface area contributed by atoms with E-state index in [0.29, 0.717) is 0 Å². The lowest BCUT2D eigenvalue weighted by Crippen LogP contribution is -2.20. The maximum Gasteiger partial charge on any atom is 0.261 e. The molecule has 0 aromatic heterocycles. The molecule has 3 N–H and O–H groups in total. The van der Waals surface area contributed by atoms with Crippen LogP contribution in [0.5, 0.6) is 0 Å². The first kappa shape index (κ1) is 9.39. The Morgan fingerprint density at radius 2 is 1.80 bits per heavy atom. The van der Waals surface area contributed by atoms with Crippen molar-refractivity contribution in [2.24, 2.45) is 0 Å². The molecule has 5 heteroatoms. The van der Waals surface area contributed by atoms with Crippen LogP contribution in [0.4, 0.5) is 5.69 Å². The smallest absolute Gasteiger partial charge is 0.261 e. The highest BCUT2D eigenvalue weighted by atomic mass is 16.2. The van der Waals surface area contributed by atoms with Crippen molar-refractivity contribution in [2.45, 2.75) is 6.92 Å². The Morgan fingerprint density at radius 1 is 1.20 bits per heavy atom. The Morgan fingerprint density at radius 3 is 2.40 bits per heavy atom. The molecule has 0 bridgehead atoms. The molecule has 0 aliphatic carbocycles. The molecule has 76 valence electrons. The number of hydrogen-bond acceptors (Lipinski definition) is 4. The van der Waals surface area contributed by atoms with E-state index in [0.717, 1.165) is 0 Å². The number of carbonyl (C=O) groups excluding carboxylic acids is 3. The van der Waals surface area contributed by atoms with Crippen LogP contribution in [0.25, 0.3) is 0 Å². The average Bonchev–Trinajstić information content (AvgIpc) is 2.43. The van der Waals surface area contributed by atoms with Crippen LogP contribution in [0.3, 0.4) is 0 Å². The molecule has 0 spiro atoms. The number of benzene rings is 1. The van der Waals surface area contributed by atoms with E-state index in [4.69, 9.17) is 5.73 Å². The van der Waals surface area contributed by atoms with Gasteiger partial charge >= 0.3 is 0 Å². The molecule has 0 saturated carbocycles. The molecule has 2 amide bonds. The predicted octanol–water partition coefficient (Wildman–Crippen LogP) is 0.355. The molecule has 1 heterocycles. The number of carbonyl (C=O) groups is 3. The molecule has 1 aliphatic heterocycles. The molecule has 1 aromatic rings. The van der Waals surface area contributed by atoms with Crippen LogP contribution < -0.4 is 11.1 Å². The normalized spacial score (nSPS) is 13.7. The van der Waals surface area contributed by atoms with Gasteiger partial charge in [-0.2, -0.15) is 0 Å². The lowest BCUT2D eigenvalue weighted by molar-refractivity contribution is 0.0875. The maximum atomic E-state index is 11.4. The number of fused-ring (bicyclic) bond motifs is 1. The number of ketones is 1. The summed E-state index contributed by atoms with van der Waals surface area (Å²) in [5.41, 5.74) is 6.20. The highest BCUT2D eigenvalue weighted by Crippen LogP contribution is 2.25. The second kappa shape index (κ2) is 2.91. The summed E-state index contributed by atoms with van der Waals surface area (Å²) in [5.74, 6) is -1.38. The summed E-state index contributed by atoms with van der Waals surface area (Å²) in [6.07, 6.45) is 0. The standard InChI is InChI=1S/C10H8N2O3/c1-4(13)5-2-3-6(11)8-7(5)9(14)12-10(8)15/h2-3H,11H2,1H3,(H,12,14,15). The molecule has 0 saturated heterocycles. The van der Waals surface area contributed by atoms with Gasteiger partial charge in [0.1, 0.15) is 0 Å². The monoisotopic (exact) mass is 204 g/mol. The first-order valence-electron chi connectivity index (χ1n) is 4.31. The average molecular weight is 204 g/mol. The number of hydrogen-bond donors (Lipinski definition) is 2. The van der Waals surface area contributed by atoms with Crippen LogP contribution in [-0.4, -0.2) is 17.6 Å². The van der Waals surface area contributed by atoms with Crippen molar-refractivity contribution in [2.75, 3.05) is 5.73 Å². The highest BCUT2D eigenvalue weighted by molar-refractivity contribution is 6.27. The Kier molecular flexibility index (Phi) is 1.82. The number of rotatable bonds is 1. The van der Waals surface area contributed by atoms with E-state index in [1.54, 1.807) is 0 Å². The number of nitrogens with one attached hydrogen (secondary N) is 1. The third-order valence-corrected chi connectivity index (χ3v) is 2.30. The van der Waals surface area contributed by atoms with E-state index in [1.165, 1.54) is 19.1 Å². The molecule has 1 aromatic carbocycles. The molecule has 0 radical (unpaired) electrons. The zero-order chi connectivity index (χ0) is 11.2. The van der Waals surface area contributed by atoms with E-state index in [1.807, 2.05) is 0 Å². The van der Waals surface area contributed by atoms with Crippen molar-refractivity contribution in [3.8, 4) is 0 Å². The molecule has 0 unspecified atom stereocenters. The Labute approximate surface area is 85.3 Å². The Bertz CT molecular complexity index is 506. The molecule has 5 nitrogen and oxygen atoms in total. The fraction of sp³-hybridized carbons (Fsp3) is 0.100. The zero-order valence-corrected chi connectivity index (χ0v) is 7.96. The maximum absolute atomic E-state index is 11.4. The van der Waals surface area contributed by atoms with Gasteiger partial charge in [0.25, 0.3) is 11.8 Å². The topological polar surface area (TPSA) is 89.3 Å². The first-order valence-corrected chi connectivity index (χ1v) is 4.31. The minimum atomic E-state index is -0.562. The van der Waals surface area contributed by atoms with Crippen molar-refractivity contribution in [1.29, 1.82) is 0 Å². The van der Waals surface area contributed by atoms with Crippen LogP contribution in [0.2, 0.25) is 0 Å². The lowest BCUT2D eigenvalue weighted by Gasteiger charge is -2.03. The highest BCUT2D eigenvalue weighted by Gasteiger charge is 2.32. The van der Waals surface area contributed by atoms with E-state index >= 15 is 0 Å². The number of Topliss-reactive ketones (excluding diaryl/α,β-unsaturated/α-hetero) is 1. The van der Waals surface area contributed by atoms with Gasteiger partial charge < -0.3 is 5.73 Å². The van der Waals surface area contributed by atoms with Gasteiger partial charge in [-0.25, -0.2) is 0 Å². The Balaban J connectivity index is 2.81. The van der Waals surface area contributed by atoms with Gasteiger partial charge in [-0.15, -0.1) is 0 Å². The lowest BCUT2D eigenvalue weighted by atomic mass is 9.99. The van der Waals surface area contributed by atoms with Crippen molar-refractivity contribution in [1.82, 2.24) is 5.32 Å². The van der Waals surface area contributed by atoms with Crippen LogP contribution in [0.15, 0.2) is 12.1 Å². The van der Waals surface area contributed by atoms with Gasteiger partial charge in [0, 0.05) is 11.3 Å². The third kappa shape index (κ3) is 1.20. The van der Waals surface area contributed by atoms with E-state index in [9.17, 15) is 14.4 Å². The summed E-state index contributed by atoms with van der Waals surface area (Å²) in [5, 5.41) is 2.11. The second-order valence-corrected chi connectivity index (χ2v) is 3.29. The van der Waals surface area contributed by atoms with Gasteiger partial charge in [0.05, 0.1) is 11.1 Å². The van der Waals surface area contributed by atoms with E-state index in [-0.39, 0.29) is 28.2 Å². The molecule has 1 aliphatic rings. The molecular weight excluding hydrogens is 196 g/mol. The van der Waals surface area contributed by atoms with Crippen molar-refractivity contribution >= 4 is 23.3 Å². The van der Waals surface area contributed by atoms with Gasteiger partial charge in [-0.3, -0.25) is 19.7 Å². The summed E-state index contributed by atoms with van der Waals surface area (Å²) in [6, 6.07) is 2.91. The van der Waals surface area contributed by atoms with Crippen LogP contribution in [0.1, 0.15) is 38.0 Å². The Hall–Kier alpha value is -2.17. The summed E-state index contributed by atoms with van der Waals surface area (Å²) in [7, 11) is 0. The van der Waals surface area contributed by atoms with Gasteiger partial charge in [-0.05, 0) is 19.1 Å². The van der Waals surface area contributed by atoms with Crippen molar-refractivity contribution in [3.05, 3.63) is 28.8 Å². The fourth-order valence-corrected chi connectivity index (χ4v) is 1.62. The number of amides is 2. The van der Waals surface area contributed by atoms with Gasteiger partial charge in [0.2, 0.25) is 0 Å². The van der Waals surface area contributed by atoms with Gasteiger partial charge in [-0.1, -0.05) is 0 Å². The molecule has 15 heavy (non-hydrogen) atoms. The summed E-state index contributed by atoms with van der Waals surface area (Å²) in [6.45, 7) is 1.34. The van der Waals surface area contributed by atoms with Crippen LogP contribution >= 0.6 is 0 Å². The third-order valence-electron chi connectivity index (χ3n) is 2.30. The number of nitrogens with two attached hydrogens (primary N) is 1. The van der Waals surface area contributed by atoms with Gasteiger partial charge in [0.15, 0.2) is 5.78 Å². The van der Waals surface area contributed by atoms with Crippen LogP contribution in [0, 0.1) is 0 Å². The second-order valence-electron chi connectivity index (χ2n) is 3.29. The molecule has 0 atom stereocenters. The van der Waals surface area contributed by atoms with E-state index in [2.05, 4.69) is 5.32 Å². The fourth-order valence-electron chi connectivity index (χ4n) is 1.62. The molecular formula is C10H8N2O3. The number of imide groups is 1. The molecule has 2 rings (SSSR count). The quantitative estimate of drug-likeness (QED) is 0.392. The zero-order valence-electron chi connectivity index (χ0n) is 7.96. The largest absolute Gasteiger partial charge is 0.398 e. The minimum Gasteiger partial charge on any atom is -0.398 e. The van der Waals surface area contributed by atoms with Crippen LogP contribution in [-0.2, 0) is 0 Å². The van der Waals surface area contributed by atoms with E-state index < -0.39 is 11.8 Å². The number of nitrogen functional groups attached to an aromatic ring is 1. The van der Waals surface area contributed by atoms with Crippen molar-refractivity contribution in [3.63, 3.8) is 0 Å².